The van der Waals surface area contributed by atoms with Crippen LogP contribution in [0.2, 0.25) is 0 Å². The maximum Gasteiger partial charge on any atom is 0.142 e. The van der Waals surface area contributed by atoms with Crippen LogP contribution in [0, 0.1) is 0 Å². The van der Waals surface area contributed by atoms with E-state index in [1.54, 1.807) is 7.11 Å². The number of fused-ring (bicyclic) bond motifs is 1. The molecule has 1 N–H and O–H groups in total. The number of ether oxygens (including phenoxy) is 1. The average Bonchev–Trinajstić information content (AvgIpc) is 2.96. The van der Waals surface area contributed by atoms with Crippen molar-refractivity contribution in [2.24, 2.45) is 0 Å². The normalized spacial score (nSPS) is 12.7. The van der Waals surface area contributed by atoms with Crippen molar-refractivity contribution in [2.45, 2.75) is 13.0 Å². The fraction of sp³-hybridized carbons (Fsp3) is 0.294. The molecule has 2 aromatic carbocycles. The molecule has 20 heavy (non-hydrogen) atoms. The van der Waals surface area contributed by atoms with Gasteiger partial charge in [0, 0.05) is 25.8 Å². The van der Waals surface area contributed by atoms with Gasteiger partial charge >= 0.3 is 0 Å². The number of nitrogens with zero attached hydrogens (tertiary/aromatic N) is 1. The van der Waals surface area contributed by atoms with Gasteiger partial charge in [0.15, 0.2) is 0 Å². The first-order valence-corrected chi connectivity index (χ1v) is 6.98. The van der Waals surface area contributed by atoms with Crippen LogP contribution in [0.5, 0.6) is 5.75 Å². The SMILES string of the molecule is COc1ccccc1N(C)Cc1cccc2c1NCC2. The second-order valence-electron chi connectivity index (χ2n) is 5.16. The van der Waals surface area contributed by atoms with E-state index in [-0.39, 0.29) is 0 Å². The lowest BCUT2D eigenvalue weighted by Crippen LogP contribution is -2.18. The average molecular weight is 268 g/mol. The molecule has 0 bridgehead atoms. The first-order chi connectivity index (χ1) is 9.79. The van der Waals surface area contributed by atoms with Gasteiger partial charge in [-0.1, -0.05) is 30.3 Å². The summed E-state index contributed by atoms with van der Waals surface area (Å²) in [5.41, 5.74) is 5.20. The first-order valence-electron chi connectivity index (χ1n) is 6.98. The zero-order valence-corrected chi connectivity index (χ0v) is 12.0. The molecule has 1 aliphatic heterocycles. The summed E-state index contributed by atoms with van der Waals surface area (Å²) in [7, 11) is 3.82. The van der Waals surface area contributed by atoms with Crippen LogP contribution in [-0.4, -0.2) is 20.7 Å². The fourth-order valence-electron chi connectivity index (χ4n) is 2.83. The molecular formula is C17H20N2O. The molecule has 2 aromatic rings. The van der Waals surface area contributed by atoms with Gasteiger partial charge in [-0.05, 0) is 29.7 Å². The van der Waals surface area contributed by atoms with Crippen LogP contribution in [-0.2, 0) is 13.0 Å². The highest BCUT2D eigenvalue weighted by Gasteiger charge is 2.15. The van der Waals surface area contributed by atoms with Crippen LogP contribution in [0.4, 0.5) is 11.4 Å². The van der Waals surface area contributed by atoms with Gasteiger partial charge in [-0.2, -0.15) is 0 Å². The summed E-state index contributed by atoms with van der Waals surface area (Å²) < 4.78 is 5.44. The van der Waals surface area contributed by atoms with Crippen molar-refractivity contribution < 1.29 is 4.74 Å². The van der Waals surface area contributed by atoms with Crippen LogP contribution in [0.15, 0.2) is 42.5 Å². The maximum atomic E-state index is 5.44. The quantitative estimate of drug-likeness (QED) is 0.920. The van der Waals surface area contributed by atoms with Gasteiger partial charge in [0.05, 0.1) is 12.8 Å². The van der Waals surface area contributed by atoms with Gasteiger partial charge in [-0.3, -0.25) is 0 Å². The molecule has 0 unspecified atom stereocenters. The fourth-order valence-corrected chi connectivity index (χ4v) is 2.83. The minimum Gasteiger partial charge on any atom is -0.495 e. The first kappa shape index (κ1) is 12.9. The molecular weight excluding hydrogens is 248 g/mol. The largest absolute Gasteiger partial charge is 0.495 e. The standard InChI is InChI=1S/C17H20N2O/c1-19(15-8-3-4-9-16(15)20-2)12-14-7-5-6-13-10-11-18-17(13)14/h3-9,18H,10-12H2,1-2H3. The molecule has 1 aliphatic rings. The van der Waals surface area contributed by atoms with Crippen LogP contribution in [0.3, 0.4) is 0 Å². The molecule has 3 nitrogen and oxygen atoms in total. The molecule has 0 spiro atoms. The molecule has 104 valence electrons. The minimum absolute atomic E-state index is 0.872. The second-order valence-corrected chi connectivity index (χ2v) is 5.16. The van der Waals surface area contributed by atoms with Crippen molar-refractivity contribution in [2.75, 3.05) is 30.9 Å². The van der Waals surface area contributed by atoms with E-state index in [1.165, 1.54) is 16.8 Å². The van der Waals surface area contributed by atoms with Crippen molar-refractivity contribution >= 4 is 11.4 Å². The Kier molecular flexibility index (Phi) is 3.50. The Morgan fingerprint density at radius 3 is 2.85 bits per heavy atom. The lowest BCUT2D eigenvalue weighted by Gasteiger charge is -2.23. The molecule has 0 atom stereocenters. The lowest BCUT2D eigenvalue weighted by molar-refractivity contribution is 0.415. The summed E-state index contributed by atoms with van der Waals surface area (Å²) in [6.07, 6.45) is 1.13. The van der Waals surface area contributed by atoms with Gasteiger partial charge in [-0.15, -0.1) is 0 Å². The highest BCUT2D eigenvalue weighted by molar-refractivity contribution is 5.64. The molecule has 0 saturated heterocycles. The van der Waals surface area contributed by atoms with E-state index in [1.807, 2.05) is 18.2 Å². The van der Waals surface area contributed by atoms with Gasteiger partial charge in [-0.25, -0.2) is 0 Å². The van der Waals surface area contributed by atoms with E-state index in [2.05, 4.69) is 41.5 Å². The van der Waals surface area contributed by atoms with Crippen LogP contribution < -0.4 is 15.0 Å². The molecule has 3 heteroatoms. The third kappa shape index (κ3) is 2.31. The third-order valence-corrected chi connectivity index (χ3v) is 3.84. The summed E-state index contributed by atoms with van der Waals surface area (Å²) in [4.78, 5) is 2.23. The Hall–Kier alpha value is -2.16. The molecule has 0 amide bonds. The summed E-state index contributed by atoms with van der Waals surface area (Å²) in [5.74, 6) is 0.913. The molecule has 0 saturated carbocycles. The zero-order valence-electron chi connectivity index (χ0n) is 12.0. The Labute approximate surface area is 120 Å². The number of hydrogen-bond acceptors (Lipinski definition) is 3. The smallest absolute Gasteiger partial charge is 0.142 e. The number of methoxy groups -OCH3 is 1. The highest BCUT2D eigenvalue weighted by Crippen LogP contribution is 2.31. The highest BCUT2D eigenvalue weighted by atomic mass is 16.5. The lowest BCUT2D eigenvalue weighted by atomic mass is 10.1. The van der Waals surface area contributed by atoms with E-state index in [4.69, 9.17) is 4.74 Å². The van der Waals surface area contributed by atoms with Gasteiger partial charge in [0.25, 0.3) is 0 Å². The number of hydrogen-bond donors (Lipinski definition) is 1. The Balaban J connectivity index is 1.86. The molecule has 3 rings (SSSR count). The van der Waals surface area contributed by atoms with Crippen LogP contribution in [0.1, 0.15) is 11.1 Å². The Morgan fingerprint density at radius 2 is 2.00 bits per heavy atom. The van der Waals surface area contributed by atoms with Crippen molar-refractivity contribution in [3.8, 4) is 5.75 Å². The van der Waals surface area contributed by atoms with E-state index in [0.29, 0.717) is 0 Å². The number of para-hydroxylation sites is 3. The van der Waals surface area contributed by atoms with Gasteiger partial charge < -0.3 is 15.0 Å². The monoisotopic (exact) mass is 268 g/mol. The number of nitrogens with one attached hydrogen (secondary N) is 1. The summed E-state index contributed by atoms with van der Waals surface area (Å²) in [5, 5.41) is 3.50. The topological polar surface area (TPSA) is 24.5 Å². The van der Waals surface area contributed by atoms with E-state index >= 15 is 0 Å². The van der Waals surface area contributed by atoms with Gasteiger partial charge in [0.1, 0.15) is 5.75 Å². The van der Waals surface area contributed by atoms with Crippen molar-refractivity contribution in [3.05, 3.63) is 53.6 Å². The second kappa shape index (κ2) is 5.45. The molecule has 0 radical (unpaired) electrons. The van der Waals surface area contributed by atoms with E-state index < -0.39 is 0 Å². The molecule has 1 heterocycles. The Bertz CT molecular complexity index is 610. The van der Waals surface area contributed by atoms with Crippen LogP contribution >= 0.6 is 0 Å². The predicted molar refractivity (Wildman–Crippen MR) is 83.7 cm³/mol. The summed E-state index contributed by atoms with van der Waals surface area (Å²) >= 11 is 0. The number of benzene rings is 2. The zero-order chi connectivity index (χ0) is 13.9. The Morgan fingerprint density at radius 1 is 1.15 bits per heavy atom. The number of anilines is 2. The van der Waals surface area contributed by atoms with Crippen molar-refractivity contribution in [1.82, 2.24) is 0 Å². The van der Waals surface area contributed by atoms with E-state index in [0.717, 1.165) is 30.9 Å². The van der Waals surface area contributed by atoms with Gasteiger partial charge in [0.2, 0.25) is 0 Å². The van der Waals surface area contributed by atoms with Crippen LogP contribution in [0.25, 0.3) is 0 Å². The van der Waals surface area contributed by atoms with Crippen molar-refractivity contribution in [1.29, 1.82) is 0 Å². The number of rotatable bonds is 4. The molecule has 0 fully saturated rings. The molecule has 0 aromatic heterocycles. The van der Waals surface area contributed by atoms with E-state index in [9.17, 15) is 0 Å². The summed E-state index contributed by atoms with van der Waals surface area (Å²) in [6, 6.07) is 14.7. The summed E-state index contributed by atoms with van der Waals surface area (Å²) in [6.45, 7) is 1.92. The predicted octanol–water partition coefficient (Wildman–Crippen LogP) is 3.30. The maximum absolute atomic E-state index is 5.44. The minimum atomic E-state index is 0.872. The van der Waals surface area contributed by atoms with Crippen molar-refractivity contribution in [3.63, 3.8) is 0 Å². The molecule has 0 aliphatic carbocycles. The third-order valence-electron chi connectivity index (χ3n) is 3.84.